The van der Waals surface area contributed by atoms with Gasteiger partial charge >= 0.3 is 0 Å². The summed E-state index contributed by atoms with van der Waals surface area (Å²) in [7, 11) is 0. The van der Waals surface area contributed by atoms with Crippen molar-refractivity contribution in [3.63, 3.8) is 0 Å². The van der Waals surface area contributed by atoms with E-state index in [0.29, 0.717) is 5.82 Å². The molecular formula is C11H9ClN2S. The summed E-state index contributed by atoms with van der Waals surface area (Å²) in [6.07, 6.45) is 1.70. The summed E-state index contributed by atoms with van der Waals surface area (Å²) in [5.74, 6) is 0.536. The van der Waals surface area contributed by atoms with Crippen LogP contribution in [0.25, 0.3) is 0 Å². The molecule has 2 rings (SSSR count). The Bertz CT molecular complexity index is 456. The van der Waals surface area contributed by atoms with Crippen molar-refractivity contribution in [3.8, 4) is 0 Å². The van der Waals surface area contributed by atoms with Gasteiger partial charge in [0.15, 0.2) is 0 Å². The van der Waals surface area contributed by atoms with Crippen molar-refractivity contribution in [2.75, 3.05) is 5.73 Å². The number of hydrogen-bond acceptors (Lipinski definition) is 3. The SMILES string of the molecule is Nc1cc(Sc2ccc(Cl)cc2)ccn1. The maximum Gasteiger partial charge on any atom is 0.124 e. The first kappa shape index (κ1) is 10.3. The number of anilines is 1. The maximum absolute atomic E-state index is 5.80. The van der Waals surface area contributed by atoms with Crippen LogP contribution in [0.3, 0.4) is 0 Å². The lowest BCUT2D eigenvalue weighted by atomic mass is 10.4. The summed E-state index contributed by atoms with van der Waals surface area (Å²) in [5.41, 5.74) is 5.59. The monoisotopic (exact) mass is 236 g/mol. The average Bonchev–Trinajstić information content (AvgIpc) is 2.22. The highest BCUT2D eigenvalue weighted by atomic mass is 35.5. The summed E-state index contributed by atoms with van der Waals surface area (Å²) >= 11 is 7.43. The van der Waals surface area contributed by atoms with Crippen LogP contribution in [-0.4, -0.2) is 4.98 Å². The molecule has 0 amide bonds. The van der Waals surface area contributed by atoms with Crippen LogP contribution in [0.15, 0.2) is 52.4 Å². The maximum atomic E-state index is 5.80. The molecule has 0 radical (unpaired) electrons. The van der Waals surface area contributed by atoms with Gasteiger partial charge in [-0.1, -0.05) is 23.4 Å². The molecule has 15 heavy (non-hydrogen) atoms. The number of nitrogens with zero attached hydrogens (tertiary/aromatic N) is 1. The molecule has 0 unspecified atom stereocenters. The number of hydrogen-bond donors (Lipinski definition) is 1. The largest absolute Gasteiger partial charge is 0.384 e. The van der Waals surface area contributed by atoms with Crippen LogP contribution in [-0.2, 0) is 0 Å². The van der Waals surface area contributed by atoms with Crippen molar-refractivity contribution in [1.29, 1.82) is 0 Å². The predicted octanol–water partition coefficient (Wildman–Crippen LogP) is 3.47. The second-order valence-electron chi connectivity index (χ2n) is 2.97. The summed E-state index contributed by atoms with van der Waals surface area (Å²) in [5, 5.41) is 0.744. The van der Waals surface area contributed by atoms with Crippen molar-refractivity contribution in [1.82, 2.24) is 4.98 Å². The highest BCUT2D eigenvalue weighted by Crippen LogP contribution is 2.28. The number of rotatable bonds is 2. The lowest BCUT2D eigenvalue weighted by Crippen LogP contribution is -1.88. The molecule has 1 aromatic heterocycles. The second kappa shape index (κ2) is 4.55. The minimum absolute atomic E-state index is 0.536. The van der Waals surface area contributed by atoms with E-state index in [2.05, 4.69) is 4.98 Å². The Morgan fingerprint density at radius 2 is 1.80 bits per heavy atom. The van der Waals surface area contributed by atoms with E-state index >= 15 is 0 Å². The number of nitrogen functional groups attached to an aromatic ring is 1. The smallest absolute Gasteiger partial charge is 0.124 e. The van der Waals surface area contributed by atoms with Crippen LogP contribution >= 0.6 is 23.4 Å². The fraction of sp³-hybridized carbons (Fsp3) is 0. The minimum Gasteiger partial charge on any atom is -0.384 e. The summed E-state index contributed by atoms with van der Waals surface area (Å²) in [6, 6.07) is 11.5. The molecule has 0 aliphatic heterocycles. The van der Waals surface area contributed by atoms with Gasteiger partial charge in [-0.2, -0.15) is 0 Å². The van der Waals surface area contributed by atoms with Gasteiger partial charge in [-0.15, -0.1) is 0 Å². The van der Waals surface area contributed by atoms with E-state index in [1.165, 1.54) is 0 Å². The van der Waals surface area contributed by atoms with E-state index in [1.807, 2.05) is 36.4 Å². The van der Waals surface area contributed by atoms with Crippen molar-refractivity contribution in [3.05, 3.63) is 47.6 Å². The molecule has 2 N–H and O–H groups in total. The van der Waals surface area contributed by atoms with Gasteiger partial charge in [0.1, 0.15) is 5.82 Å². The molecule has 4 heteroatoms. The van der Waals surface area contributed by atoms with E-state index < -0.39 is 0 Å². The van der Waals surface area contributed by atoms with Crippen LogP contribution in [0.4, 0.5) is 5.82 Å². The van der Waals surface area contributed by atoms with Crippen molar-refractivity contribution >= 4 is 29.2 Å². The predicted molar refractivity (Wildman–Crippen MR) is 64.2 cm³/mol. The Hall–Kier alpha value is -1.19. The molecule has 0 saturated carbocycles. The first-order valence-electron chi connectivity index (χ1n) is 4.39. The fourth-order valence-electron chi connectivity index (χ4n) is 1.13. The highest BCUT2D eigenvalue weighted by molar-refractivity contribution is 7.99. The van der Waals surface area contributed by atoms with E-state index in [4.69, 9.17) is 17.3 Å². The van der Waals surface area contributed by atoms with Gasteiger partial charge in [0, 0.05) is 21.0 Å². The Morgan fingerprint density at radius 1 is 1.07 bits per heavy atom. The van der Waals surface area contributed by atoms with Crippen LogP contribution in [0.5, 0.6) is 0 Å². The molecule has 76 valence electrons. The normalized spacial score (nSPS) is 10.2. The minimum atomic E-state index is 0.536. The van der Waals surface area contributed by atoms with Gasteiger partial charge in [-0.05, 0) is 36.4 Å². The van der Waals surface area contributed by atoms with Crippen LogP contribution in [0.2, 0.25) is 5.02 Å². The third kappa shape index (κ3) is 2.88. The Balaban J connectivity index is 2.18. The molecule has 0 saturated heterocycles. The van der Waals surface area contributed by atoms with E-state index in [9.17, 15) is 0 Å². The van der Waals surface area contributed by atoms with Crippen LogP contribution in [0, 0.1) is 0 Å². The molecular weight excluding hydrogens is 228 g/mol. The summed E-state index contributed by atoms with van der Waals surface area (Å²) in [4.78, 5) is 6.14. The standard InChI is InChI=1S/C11H9ClN2S/c12-8-1-3-9(4-2-8)15-10-5-6-14-11(13)7-10/h1-7H,(H2,13,14). The Morgan fingerprint density at radius 3 is 2.47 bits per heavy atom. The van der Waals surface area contributed by atoms with E-state index in [1.54, 1.807) is 18.0 Å². The molecule has 0 atom stereocenters. The van der Waals surface area contributed by atoms with Crippen LogP contribution in [0.1, 0.15) is 0 Å². The molecule has 0 bridgehead atoms. The van der Waals surface area contributed by atoms with Crippen molar-refractivity contribution < 1.29 is 0 Å². The van der Waals surface area contributed by atoms with Gasteiger partial charge in [0.05, 0.1) is 0 Å². The molecule has 2 aromatic rings. The molecule has 0 fully saturated rings. The zero-order valence-electron chi connectivity index (χ0n) is 7.85. The number of halogens is 1. The summed E-state index contributed by atoms with van der Waals surface area (Å²) in [6.45, 7) is 0. The fourth-order valence-corrected chi connectivity index (χ4v) is 2.11. The molecule has 0 aliphatic carbocycles. The average molecular weight is 237 g/mol. The molecule has 0 aliphatic rings. The number of benzene rings is 1. The Kier molecular flexibility index (Phi) is 3.14. The third-order valence-corrected chi connectivity index (χ3v) is 3.05. The number of aromatic nitrogens is 1. The van der Waals surface area contributed by atoms with Gasteiger partial charge in [-0.3, -0.25) is 0 Å². The summed E-state index contributed by atoms with van der Waals surface area (Å²) < 4.78 is 0. The highest BCUT2D eigenvalue weighted by Gasteiger charge is 1.98. The first-order valence-corrected chi connectivity index (χ1v) is 5.58. The molecule has 2 nitrogen and oxygen atoms in total. The lowest BCUT2D eigenvalue weighted by Gasteiger charge is -2.01. The lowest BCUT2D eigenvalue weighted by molar-refractivity contribution is 1.27. The van der Waals surface area contributed by atoms with Gasteiger partial charge in [0.2, 0.25) is 0 Å². The van der Waals surface area contributed by atoms with Gasteiger partial charge in [-0.25, -0.2) is 4.98 Å². The van der Waals surface area contributed by atoms with Gasteiger partial charge < -0.3 is 5.73 Å². The van der Waals surface area contributed by atoms with E-state index in [0.717, 1.165) is 14.8 Å². The second-order valence-corrected chi connectivity index (χ2v) is 4.56. The van der Waals surface area contributed by atoms with Crippen molar-refractivity contribution in [2.45, 2.75) is 9.79 Å². The third-order valence-electron chi connectivity index (χ3n) is 1.80. The Labute approximate surface area is 97.5 Å². The number of pyridine rings is 1. The number of nitrogens with two attached hydrogens (primary N) is 1. The molecule has 1 heterocycles. The first-order chi connectivity index (χ1) is 7.24. The molecule has 0 spiro atoms. The van der Waals surface area contributed by atoms with Crippen molar-refractivity contribution in [2.24, 2.45) is 0 Å². The van der Waals surface area contributed by atoms with Crippen LogP contribution < -0.4 is 5.73 Å². The van der Waals surface area contributed by atoms with E-state index in [-0.39, 0.29) is 0 Å². The zero-order chi connectivity index (χ0) is 10.7. The quantitative estimate of drug-likeness (QED) is 0.868. The van der Waals surface area contributed by atoms with Gasteiger partial charge in [0.25, 0.3) is 0 Å². The topological polar surface area (TPSA) is 38.9 Å². The zero-order valence-corrected chi connectivity index (χ0v) is 9.42. The molecule has 1 aromatic carbocycles.